The molecule has 0 fully saturated rings. The molecule has 3 rings (SSSR count). The normalized spacial score (nSPS) is 11.6. The summed E-state index contributed by atoms with van der Waals surface area (Å²) in [5.74, 6) is -1.45. The Morgan fingerprint density at radius 1 is 1.26 bits per heavy atom. The Balaban J connectivity index is 1.53. The molecule has 6 nitrogen and oxygen atoms in total. The van der Waals surface area contributed by atoms with Gasteiger partial charge >= 0.3 is 5.97 Å². The minimum Gasteiger partial charge on any atom is -0.452 e. The first-order valence-electron chi connectivity index (χ1n) is 8.12. The maximum Gasteiger partial charge on any atom is 0.312 e. The zero-order valence-electron chi connectivity index (χ0n) is 14.4. The van der Waals surface area contributed by atoms with Crippen molar-refractivity contribution in [3.8, 4) is 10.6 Å². The molecule has 1 aromatic carbocycles. The number of hydrogen-bond acceptors (Lipinski definition) is 6. The third-order valence-electron chi connectivity index (χ3n) is 3.57. The van der Waals surface area contributed by atoms with Crippen molar-refractivity contribution in [2.75, 3.05) is 5.32 Å². The van der Waals surface area contributed by atoms with Crippen LogP contribution in [0.5, 0.6) is 0 Å². The van der Waals surface area contributed by atoms with E-state index in [1.807, 2.05) is 12.1 Å². The van der Waals surface area contributed by atoms with Crippen LogP contribution in [0.1, 0.15) is 12.6 Å². The number of aromatic nitrogens is 2. The number of nitrogens with one attached hydrogen (secondary N) is 1. The lowest BCUT2D eigenvalue weighted by Crippen LogP contribution is -2.30. The van der Waals surface area contributed by atoms with Crippen molar-refractivity contribution in [3.63, 3.8) is 0 Å². The van der Waals surface area contributed by atoms with Gasteiger partial charge in [-0.15, -0.1) is 11.3 Å². The fourth-order valence-corrected chi connectivity index (χ4v) is 3.04. The van der Waals surface area contributed by atoms with Gasteiger partial charge in [0.15, 0.2) is 6.10 Å². The number of amides is 1. The molecule has 0 aliphatic rings. The average molecular weight is 385 g/mol. The highest BCUT2D eigenvalue weighted by Crippen LogP contribution is 2.23. The van der Waals surface area contributed by atoms with Crippen LogP contribution in [0.4, 0.5) is 10.1 Å². The van der Waals surface area contributed by atoms with Gasteiger partial charge in [-0.3, -0.25) is 14.6 Å². The van der Waals surface area contributed by atoms with Crippen LogP contribution in [0, 0.1) is 5.82 Å². The molecular weight excluding hydrogens is 369 g/mol. The van der Waals surface area contributed by atoms with E-state index in [0.29, 0.717) is 11.4 Å². The number of esters is 1. The maximum atomic E-state index is 12.9. The molecule has 3 aromatic rings. The number of benzene rings is 1. The van der Waals surface area contributed by atoms with Gasteiger partial charge in [-0.2, -0.15) is 0 Å². The van der Waals surface area contributed by atoms with Gasteiger partial charge in [0.1, 0.15) is 10.8 Å². The highest BCUT2D eigenvalue weighted by molar-refractivity contribution is 7.13. The summed E-state index contributed by atoms with van der Waals surface area (Å²) in [7, 11) is 0. The fraction of sp³-hybridized carbons (Fsp3) is 0.158. The van der Waals surface area contributed by atoms with Crippen LogP contribution >= 0.6 is 11.3 Å². The largest absolute Gasteiger partial charge is 0.452 e. The minimum atomic E-state index is -0.987. The molecule has 0 bridgehead atoms. The Morgan fingerprint density at radius 3 is 2.74 bits per heavy atom. The van der Waals surface area contributed by atoms with Gasteiger partial charge in [0, 0.05) is 29.0 Å². The summed E-state index contributed by atoms with van der Waals surface area (Å²) < 4.78 is 18.0. The van der Waals surface area contributed by atoms with Crippen molar-refractivity contribution < 1.29 is 18.7 Å². The predicted molar refractivity (Wildman–Crippen MR) is 99.6 cm³/mol. The van der Waals surface area contributed by atoms with E-state index >= 15 is 0 Å². The van der Waals surface area contributed by atoms with Gasteiger partial charge in [0.05, 0.1) is 12.1 Å². The molecular formula is C19H16FN3O3S. The van der Waals surface area contributed by atoms with Crippen LogP contribution in [0.15, 0.2) is 54.2 Å². The van der Waals surface area contributed by atoms with Crippen LogP contribution in [0.25, 0.3) is 10.6 Å². The molecule has 1 amide bonds. The topological polar surface area (TPSA) is 81.2 Å². The van der Waals surface area contributed by atoms with E-state index in [1.165, 1.54) is 42.5 Å². The van der Waals surface area contributed by atoms with Gasteiger partial charge in [-0.05, 0) is 43.3 Å². The molecule has 0 saturated carbocycles. The summed E-state index contributed by atoms with van der Waals surface area (Å²) in [6, 6.07) is 9.01. The number of halogens is 1. The third kappa shape index (κ3) is 5.18. The van der Waals surface area contributed by atoms with Crippen LogP contribution in [0.3, 0.4) is 0 Å². The second kappa shape index (κ2) is 8.50. The summed E-state index contributed by atoms with van der Waals surface area (Å²) in [4.78, 5) is 32.6. The number of pyridine rings is 1. The SMILES string of the molecule is C[C@H](OC(=O)Cc1csc(-c2cccnc2)n1)C(=O)Nc1ccc(F)cc1. The number of ether oxygens (including phenoxy) is 1. The van der Waals surface area contributed by atoms with E-state index in [1.54, 1.807) is 17.8 Å². The second-order valence-electron chi connectivity index (χ2n) is 5.69. The van der Waals surface area contributed by atoms with Gasteiger partial charge in [-0.1, -0.05) is 0 Å². The highest BCUT2D eigenvalue weighted by atomic mass is 32.1. The molecule has 0 aliphatic heterocycles. The first kappa shape index (κ1) is 18.7. The lowest BCUT2D eigenvalue weighted by molar-refractivity contribution is -0.152. The Bertz CT molecular complexity index is 929. The summed E-state index contributed by atoms with van der Waals surface area (Å²) in [6.45, 7) is 1.47. The minimum absolute atomic E-state index is 0.0368. The highest BCUT2D eigenvalue weighted by Gasteiger charge is 2.19. The standard InChI is InChI=1S/C19H16FN3O3S/c1-12(18(25)22-15-6-4-14(20)5-7-15)26-17(24)9-16-11-27-19(23-16)13-3-2-8-21-10-13/h2-8,10-12H,9H2,1H3,(H,22,25)/t12-/m0/s1. The van der Waals surface area contributed by atoms with E-state index in [0.717, 1.165) is 10.6 Å². The molecule has 0 spiro atoms. The van der Waals surface area contributed by atoms with E-state index in [-0.39, 0.29) is 6.42 Å². The smallest absolute Gasteiger partial charge is 0.312 e. The molecule has 1 N–H and O–H groups in total. The van der Waals surface area contributed by atoms with Crippen molar-refractivity contribution in [1.82, 2.24) is 9.97 Å². The van der Waals surface area contributed by atoms with E-state index < -0.39 is 23.8 Å². The molecule has 138 valence electrons. The number of rotatable bonds is 6. The molecule has 0 saturated heterocycles. The summed E-state index contributed by atoms with van der Waals surface area (Å²) in [6.07, 6.45) is 2.35. The molecule has 0 radical (unpaired) electrons. The zero-order chi connectivity index (χ0) is 19.2. The van der Waals surface area contributed by atoms with Crippen molar-refractivity contribution in [1.29, 1.82) is 0 Å². The number of carbonyl (C=O) groups excluding carboxylic acids is 2. The molecule has 27 heavy (non-hydrogen) atoms. The van der Waals surface area contributed by atoms with Gasteiger partial charge in [0.25, 0.3) is 5.91 Å². The lowest BCUT2D eigenvalue weighted by atomic mass is 10.3. The number of nitrogens with zero attached hydrogens (tertiary/aromatic N) is 2. The van der Waals surface area contributed by atoms with Crippen molar-refractivity contribution in [2.24, 2.45) is 0 Å². The Morgan fingerprint density at radius 2 is 2.04 bits per heavy atom. The van der Waals surface area contributed by atoms with Gasteiger partial charge in [0.2, 0.25) is 0 Å². The van der Waals surface area contributed by atoms with E-state index in [4.69, 9.17) is 4.74 Å². The van der Waals surface area contributed by atoms with Gasteiger partial charge in [-0.25, -0.2) is 9.37 Å². The lowest BCUT2D eigenvalue weighted by Gasteiger charge is -2.13. The average Bonchev–Trinajstić information content (AvgIpc) is 3.12. The monoisotopic (exact) mass is 385 g/mol. The fourth-order valence-electron chi connectivity index (χ4n) is 2.23. The first-order valence-corrected chi connectivity index (χ1v) is 9.00. The summed E-state index contributed by atoms with van der Waals surface area (Å²) in [5.41, 5.74) is 1.86. The molecule has 2 heterocycles. The quantitative estimate of drug-likeness (QED) is 0.657. The Kier molecular flexibility index (Phi) is 5.87. The van der Waals surface area contributed by atoms with Crippen molar-refractivity contribution in [3.05, 3.63) is 65.7 Å². The molecule has 2 aromatic heterocycles. The number of anilines is 1. The molecule has 8 heteroatoms. The zero-order valence-corrected chi connectivity index (χ0v) is 15.2. The van der Waals surface area contributed by atoms with Crippen LogP contribution < -0.4 is 5.32 Å². The predicted octanol–water partition coefficient (Wildman–Crippen LogP) is 3.46. The van der Waals surface area contributed by atoms with Crippen LogP contribution in [-0.2, 0) is 20.7 Å². The van der Waals surface area contributed by atoms with Crippen LogP contribution in [0.2, 0.25) is 0 Å². The molecule has 0 unspecified atom stereocenters. The van der Waals surface area contributed by atoms with Crippen molar-refractivity contribution >= 4 is 28.9 Å². The third-order valence-corrected chi connectivity index (χ3v) is 4.52. The van der Waals surface area contributed by atoms with Gasteiger partial charge < -0.3 is 10.1 Å². The summed E-state index contributed by atoms with van der Waals surface area (Å²) in [5, 5.41) is 5.09. The number of carbonyl (C=O) groups is 2. The molecule has 0 aliphatic carbocycles. The van der Waals surface area contributed by atoms with Crippen LogP contribution in [-0.4, -0.2) is 27.9 Å². The number of thiazole rings is 1. The number of hydrogen-bond donors (Lipinski definition) is 1. The maximum absolute atomic E-state index is 12.9. The second-order valence-corrected chi connectivity index (χ2v) is 6.55. The van der Waals surface area contributed by atoms with E-state index in [9.17, 15) is 14.0 Å². The molecule has 1 atom stereocenters. The summed E-state index contributed by atoms with van der Waals surface area (Å²) >= 11 is 1.40. The first-order chi connectivity index (χ1) is 13.0. The van der Waals surface area contributed by atoms with E-state index in [2.05, 4.69) is 15.3 Å². The van der Waals surface area contributed by atoms with Crippen molar-refractivity contribution in [2.45, 2.75) is 19.4 Å². The Hall–Kier alpha value is -3.13. The Labute approximate surface area is 159 Å².